The molecule has 1 fully saturated rings. The summed E-state index contributed by atoms with van der Waals surface area (Å²) in [6, 6.07) is 0. The van der Waals surface area contributed by atoms with Crippen molar-refractivity contribution in [1.29, 1.82) is 0 Å². The Kier molecular flexibility index (Phi) is 2.68. The number of carboxylic acid groups (broad SMARTS) is 2. The third-order valence-electron chi connectivity index (χ3n) is 1.84. The molecule has 80 valence electrons. The number of ether oxygens (including phenoxy) is 1. The smallest absolute Gasteiger partial charge is 0.366 e. The minimum atomic E-state index is -2.87. The van der Waals surface area contributed by atoms with Crippen LogP contribution in [0.2, 0.25) is 0 Å². The average molecular weight is 227 g/mol. The van der Waals surface area contributed by atoms with Crippen molar-refractivity contribution in [2.24, 2.45) is 0 Å². The number of halogens is 1. The Bertz CT molecular complexity index is 279. The molecule has 14 heavy (non-hydrogen) atoms. The fourth-order valence-electron chi connectivity index (χ4n) is 1.08. The van der Waals surface area contributed by atoms with Gasteiger partial charge in [-0.25, -0.2) is 9.59 Å². The van der Waals surface area contributed by atoms with E-state index >= 15 is 0 Å². The standard InChI is InChI=1S/C6H7ClO7/c7-3-1(8)2(4(9)10)14-6(3,13)5(11)12/h1-3,8,13H,(H,9,10)(H,11,12)/t1-,2+,3?,6+/m1/s1. The van der Waals surface area contributed by atoms with Crippen molar-refractivity contribution >= 4 is 23.5 Å². The van der Waals surface area contributed by atoms with Crippen molar-refractivity contribution < 1.29 is 34.8 Å². The number of alkyl halides is 1. The molecule has 1 unspecified atom stereocenters. The van der Waals surface area contributed by atoms with Gasteiger partial charge < -0.3 is 25.2 Å². The van der Waals surface area contributed by atoms with Crippen molar-refractivity contribution in [2.75, 3.05) is 0 Å². The van der Waals surface area contributed by atoms with E-state index in [9.17, 15) is 14.7 Å². The Balaban J connectivity index is 2.97. The summed E-state index contributed by atoms with van der Waals surface area (Å²) < 4.78 is 4.27. The minimum Gasteiger partial charge on any atom is -0.479 e. The van der Waals surface area contributed by atoms with Gasteiger partial charge in [-0.3, -0.25) is 0 Å². The van der Waals surface area contributed by atoms with Crippen molar-refractivity contribution in [3.63, 3.8) is 0 Å². The molecule has 0 aliphatic carbocycles. The van der Waals surface area contributed by atoms with E-state index in [1.54, 1.807) is 0 Å². The summed E-state index contributed by atoms with van der Waals surface area (Å²) in [6.45, 7) is 0. The van der Waals surface area contributed by atoms with Crippen LogP contribution in [-0.2, 0) is 14.3 Å². The number of carbonyl (C=O) groups is 2. The molecule has 1 aliphatic heterocycles. The molecule has 0 saturated carbocycles. The first-order valence-corrected chi connectivity index (χ1v) is 3.93. The number of carboxylic acids is 2. The summed E-state index contributed by atoms with van der Waals surface area (Å²) in [5, 5.41) is 33.6. The van der Waals surface area contributed by atoms with Gasteiger partial charge in [0.15, 0.2) is 6.10 Å². The molecule has 4 atom stereocenters. The maximum absolute atomic E-state index is 10.5. The van der Waals surface area contributed by atoms with Crippen molar-refractivity contribution in [2.45, 2.75) is 23.4 Å². The molecule has 0 amide bonds. The van der Waals surface area contributed by atoms with Crippen molar-refractivity contribution in [3.8, 4) is 0 Å². The van der Waals surface area contributed by atoms with Gasteiger partial charge in [-0.05, 0) is 0 Å². The van der Waals surface area contributed by atoms with Gasteiger partial charge in [0.25, 0.3) is 5.79 Å². The van der Waals surface area contributed by atoms with E-state index in [4.69, 9.17) is 26.9 Å². The van der Waals surface area contributed by atoms with Crippen LogP contribution in [0, 0.1) is 0 Å². The molecule has 8 heteroatoms. The van der Waals surface area contributed by atoms with Crippen LogP contribution in [0.5, 0.6) is 0 Å². The second-order valence-corrected chi connectivity index (χ2v) is 3.24. The van der Waals surface area contributed by atoms with Gasteiger partial charge in [0.2, 0.25) is 0 Å². The van der Waals surface area contributed by atoms with E-state index in [0.717, 1.165) is 0 Å². The Hall–Kier alpha value is -0.890. The van der Waals surface area contributed by atoms with E-state index in [-0.39, 0.29) is 0 Å². The molecular weight excluding hydrogens is 220 g/mol. The van der Waals surface area contributed by atoms with Crippen molar-refractivity contribution in [1.82, 2.24) is 0 Å². The molecule has 0 aromatic carbocycles. The van der Waals surface area contributed by atoms with Crippen LogP contribution >= 0.6 is 11.6 Å². The first-order chi connectivity index (χ1) is 6.30. The third-order valence-corrected chi connectivity index (χ3v) is 2.39. The Labute approximate surface area is 82.5 Å². The van der Waals surface area contributed by atoms with Crippen LogP contribution in [0.4, 0.5) is 0 Å². The van der Waals surface area contributed by atoms with Gasteiger partial charge >= 0.3 is 11.9 Å². The molecule has 1 aliphatic rings. The lowest BCUT2D eigenvalue weighted by molar-refractivity contribution is -0.218. The predicted molar refractivity (Wildman–Crippen MR) is 40.7 cm³/mol. The van der Waals surface area contributed by atoms with Gasteiger partial charge in [-0.1, -0.05) is 0 Å². The van der Waals surface area contributed by atoms with Crippen LogP contribution in [0.15, 0.2) is 0 Å². The lowest BCUT2D eigenvalue weighted by Crippen LogP contribution is -2.46. The van der Waals surface area contributed by atoms with Gasteiger partial charge in [-0.15, -0.1) is 11.6 Å². The first-order valence-electron chi connectivity index (χ1n) is 3.49. The highest BCUT2D eigenvalue weighted by Crippen LogP contribution is 2.33. The summed E-state index contributed by atoms with van der Waals surface area (Å²) in [5.74, 6) is -6.31. The molecule has 7 nitrogen and oxygen atoms in total. The zero-order valence-corrected chi connectivity index (χ0v) is 7.38. The summed E-state index contributed by atoms with van der Waals surface area (Å²) in [7, 11) is 0. The number of rotatable bonds is 2. The fourth-order valence-corrected chi connectivity index (χ4v) is 1.35. The van der Waals surface area contributed by atoms with E-state index in [1.807, 2.05) is 0 Å². The number of aliphatic hydroxyl groups is 2. The summed E-state index contributed by atoms with van der Waals surface area (Å²) in [6.07, 6.45) is -3.63. The molecule has 1 rings (SSSR count). The summed E-state index contributed by atoms with van der Waals surface area (Å²) >= 11 is 5.33. The van der Waals surface area contributed by atoms with Crippen LogP contribution < -0.4 is 0 Å². The molecule has 1 saturated heterocycles. The Morgan fingerprint density at radius 2 is 1.86 bits per heavy atom. The maximum Gasteiger partial charge on any atom is 0.366 e. The second-order valence-electron chi connectivity index (χ2n) is 2.77. The molecule has 0 radical (unpaired) electrons. The summed E-state index contributed by atoms with van der Waals surface area (Å²) in [4.78, 5) is 20.9. The number of hydrogen-bond donors (Lipinski definition) is 4. The highest BCUT2D eigenvalue weighted by atomic mass is 35.5. The van der Waals surface area contributed by atoms with Gasteiger partial charge in [0.1, 0.15) is 11.5 Å². The van der Waals surface area contributed by atoms with Crippen LogP contribution in [0.3, 0.4) is 0 Å². The molecule has 0 aromatic heterocycles. The SMILES string of the molecule is O=C(O)[C@H]1O[C@](O)(C(=O)O)C(Cl)[C@@H]1O. The second kappa shape index (κ2) is 3.35. The van der Waals surface area contributed by atoms with Crippen LogP contribution in [-0.4, -0.2) is 55.7 Å². The predicted octanol–water partition coefficient (Wildman–Crippen LogP) is -1.79. The molecule has 4 N–H and O–H groups in total. The monoisotopic (exact) mass is 226 g/mol. The lowest BCUT2D eigenvalue weighted by Gasteiger charge is -2.19. The first kappa shape index (κ1) is 11.2. The minimum absolute atomic E-state index is 1.60. The quantitative estimate of drug-likeness (QED) is 0.410. The summed E-state index contributed by atoms with van der Waals surface area (Å²) in [5.41, 5.74) is 0. The number of aliphatic hydroxyl groups excluding tert-OH is 1. The topological polar surface area (TPSA) is 124 Å². The molecular formula is C6H7ClO7. The fraction of sp³-hybridized carbons (Fsp3) is 0.667. The molecule has 0 aromatic rings. The largest absolute Gasteiger partial charge is 0.479 e. The zero-order valence-electron chi connectivity index (χ0n) is 6.62. The highest BCUT2D eigenvalue weighted by Gasteiger charge is 2.60. The van der Waals surface area contributed by atoms with E-state index in [2.05, 4.69) is 4.74 Å². The van der Waals surface area contributed by atoms with Gasteiger partial charge in [0.05, 0.1) is 0 Å². The van der Waals surface area contributed by atoms with E-state index < -0.39 is 35.3 Å². The third kappa shape index (κ3) is 1.44. The number of hydrogen-bond acceptors (Lipinski definition) is 5. The maximum atomic E-state index is 10.5. The van der Waals surface area contributed by atoms with Gasteiger partial charge in [0, 0.05) is 0 Å². The average Bonchev–Trinajstić information content (AvgIpc) is 2.31. The number of aliphatic carboxylic acids is 2. The van der Waals surface area contributed by atoms with E-state index in [0.29, 0.717) is 0 Å². The Morgan fingerprint density at radius 1 is 1.36 bits per heavy atom. The lowest BCUT2D eigenvalue weighted by atomic mass is 10.1. The zero-order chi connectivity index (χ0) is 11.1. The van der Waals surface area contributed by atoms with E-state index in [1.165, 1.54) is 0 Å². The van der Waals surface area contributed by atoms with Crippen LogP contribution in [0.1, 0.15) is 0 Å². The molecule has 1 heterocycles. The van der Waals surface area contributed by atoms with Crippen molar-refractivity contribution in [3.05, 3.63) is 0 Å². The van der Waals surface area contributed by atoms with Crippen LogP contribution in [0.25, 0.3) is 0 Å². The van der Waals surface area contributed by atoms with Gasteiger partial charge in [-0.2, -0.15) is 0 Å². The Morgan fingerprint density at radius 3 is 2.07 bits per heavy atom. The molecule has 0 spiro atoms. The molecule has 0 bridgehead atoms. The normalized spacial score (nSPS) is 42.4. The highest BCUT2D eigenvalue weighted by molar-refractivity contribution is 6.23.